The number of benzene rings is 2. The zero-order valence-corrected chi connectivity index (χ0v) is 10.3. The van der Waals surface area contributed by atoms with Crippen molar-refractivity contribution in [1.29, 1.82) is 0 Å². The molecule has 1 aromatic heterocycles. The van der Waals surface area contributed by atoms with E-state index in [1.54, 1.807) is 5.01 Å². The molecule has 0 amide bonds. The van der Waals surface area contributed by atoms with Gasteiger partial charge in [0, 0.05) is 19.5 Å². The quantitative estimate of drug-likeness (QED) is 0.498. The third-order valence-corrected chi connectivity index (χ3v) is 2.71. The van der Waals surface area contributed by atoms with Crippen molar-refractivity contribution in [2.75, 3.05) is 14.1 Å². The van der Waals surface area contributed by atoms with Crippen LogP contribution in [0.25, 0.3) is 21.9 Å². The van der Waals surface area contributed by atoms with Gasteiger partial charge in [0.25, 0.3) is 0 Å². The molecule has 4 nitrogen and oxygen atoms in total. The number of rotatable bonds is 2. The van der Waals surface area contributed by atoms with E-state index in [-0.39, 0.29) is 0 Å². The third kappa shape index (κ3) is 1.72. The van der Waals surface area contributed by atoms with E-state index in [4.69, 9.17) is 4.42 Å². The molecule has 0 unspecified atom stereocenters. The molecular formula is C14H13N3O. The molecule has 0 N–H and O–H groups in total. The molecule has 0 aliphatic heterocycles. The second-order valence-corrected chi connectivity index (χ2v) is 4.29. The average Bonchev–Trinajstić information content (AvgIpc) is 2.75. The van der Waals surface area contributed by atoms with Crippen LogP contribution in [0.3, 0.4) is 0 Å². The van der Waals surface area contributed by atoms with Gasteiger partial charge in [-0.3, -0.25) is 5.01 Å². The number of nitrogens with zero attached hydrogens (tertiary/aromatic N) is 3. The summed E-state index contributed by atoms with van der Waals surface area (Å²) in [6.45, 7) is 0. The second kappa shape index (κ2) is 4.14. The average molecular weight is 239 g/mol. The predicted molar refractivity (Wildman–Crippen MR) is 71.9 cm³/mol. The zero-order valence-electron chi connectivity index (χ0n) is 10.3. The van der Waals surface area contributed by atoms with Crippen LogP contribution < -0.4 is 0 Å². The monoisotopic (exact) mass is 239 g/mol. The second-order valence-electron chi connectivity index (χ2n) is 4.29. The van der Waals surface area contributed by atoms with Crippen LogP contribution in [-0.2, 0) is 0 Å². The molecule has 0 saturated carbocycles. The van der Waals surface area contributed by atoms with E-state index in [9.17, 15) is 0 Å². The summed E-state index contributed by atoms with van der Waals surface area (Å²) in [5.74, 6) is 0. The van der Waals surface area contributed by atoms with E-state index in [1.807, 2.05) is 56.6 Å². The van der Waals surface area contributed by atoms with Crippen LogP contribution in [0.1, 0.15) is 0 Å². The van der Waals surface area contributed by atoms with Gasteiger partial charge >= 0.3 is 0 Å². The first-order valence-electron chi connectivity index (χ1n) is 5.75. The molecular weight excluding hydrogens is 226 g/mol. The zero-order chi connectivity index (χ0) is 12.5. The topological polar surface area (TPSA) is 41.1 Å². The lowest BCUT2D eigenvalue weighted by atomic mass is 10.1. The Hall–Kier alpha value is -2.36. The third-order valence-electron chi connectivity index (χ3n) is 2.71. The van der Waals surface area contributed by atoms with E-state index < -0.39 is 0 Å². The first-order valence-corrected chi connectivity index (χ1v) is 5.75. The van der Waals surface area contributed by atoms with Gasteiger partial charge in [0.2, 0.25) is 0 Å². The van der Waals surface area contributed by atoms with E-state index >= 15 is 0 Å². The number of para-hydroxylation sites is 1. The number of hydrogen-bond acceptors (Lipinski definition) is 3. The molecule has 18 heavy (non-hydrogen) atoms. The molecule has 1 heterocycles. The first-order chi connectivity index (χ1) is 8.75. The van der Waals surface area contributed by atoms with Crippen molar-refractivity contribution in [2.24, 2.45) is 10.3 Å². The van der Waals surface area contributed by atoms with Crippen molar-refractivity contribution in [3.8, 4) is 0 Å². The minimum atomic E-state index is 0.825. The van der Waals surface area contributed by atoms with Gasteiger partial charge in [-0.15, -0.1) is 5.11 Å². The van der Waals surface area contributed by atoms with E-state index in [0.29, 0.717) is 0 Å². The predicted octanol–water partition coefficient (Wildman–Crippen LogP) is 4.15. The number of fused-ring (bicyclic) bond motifs is 3. The lowest BCUT2D eigenvalue weighted by Gasteiger charge is -2.01. The fraction of sp³-hybridized carbons (Fsp3) is 0.143. The van der Waals surface area contributed by atoms with Crippen LogP contribution in [0.2, 0.25) is 0 Å². The fourth-order valence-corrected chi connectivity index (χ4v) is 1.98. The Morgan fingerprint density at radius 1 is 0.944 bits per heavy atom. The van der Waals surface area contributed by atoms with Gasteiger partial charge in [0.15, 0.2) is 0 Å². The van der Waals surface area contributed by atoms with Crippen LogP contribution >= 0.6 is 0 Å². The molecule has 0 atom stereocenters. The normalized spacial score (nSPS) is 11.7. The molecule has 0 radical (unpaired) electrons. The van der Waals surface area contributed by atoms with Crippen LogP contribution in [0.4, 0.5) is 5.69 Å². The van der Waals surface area contributed by atoms with Crippen molar-refractivity contribution in [2.45, 2.75) is 0 Å². The van der Waals surface area contributed by atoms with E-state index in [1.165, 1.54) is 0 Å². The Morgan fingerprint density at radius 3 is 2.56 bits per heavy atom. The highest BCUT2D eigenvalue weighted by molar-refractivity contribution is 6.10. The summed E-state index contributed by atoms with van der Waals surface area (Å²) in [5, 5.41) is 12.0. The summed E-state index contributed by atoms with van der Waals surface area (Å²) in [6.07, 6.45) is 0. The molecule has 0 saturated heterocycles. The molecule has 3 rings (SSSR count). The Morgan fingerprint density at radius 2 is 1.72 bits per heavy atom. The molecule has 2 aromatic carbocycles. The van der Waals surface area contributed by atoms with Crippen LogP contribution in [0, 0.1) is 0 Å². The van der Waals surface area contributed by atoms with Gasteiger partial charge in [-0.25, -0.2) is 0 Å². The van der Waals surface area contributed by atoms with Crippen molar-refractivity contribution < 1.29 is 4.42 Å². The summed E-state index contributed by atoms with van der Waals surface area (Å²) < 4.78 is 5.78. The fourth-order valence-electron chi connectivity index (χ4n) is 1.98. The van der Waals surface area contributed by atoms with E-state index in [0.717, 1.165) is 27.6 Å². The Bertz CT molecular complexity index is 728. The van der Waals surface area contributed by atoms with Gasteiger partial charge in [0.1, 0.15) is 11.2 Å². The molecule has 4 heteroatoms. The standard InChI is InChI=1S/C14H13N3O/c1-17(2)16-15-11-7-5-9-13-14(11)10-6-3-4-8-12(10)18-13/h3-9H,1-2H3. The minimum absolute atomic E-state index is 0.825. The highest BCUT2D eigenvalue weighted by Gasteiger charge is 2.09. The molecule has 0 aliphatic carbocycles. The van der Waals surface area contributed by atoms with Crippen LogP contribution in [-0.4, -0.2) is 19.1 Å². The molecule has 3 aromatic rings. The molecule has 90 valence electrons. The summed E-state index contributed by atoms with van der Waals surface area (Å²) in [5.41, 5.74) is 2.54. The van der Waals surface area contributed by atoms with Crippen molar-refractivity contribution in [1.82, 2.24) is 5.01 Å². The molecule has 0 fully saturated rings. The van der Waals surface area contributed by atoms with Gasteiger partial charge in [-0.05, 0) is 18.2 Å². The highest BCUT2D eigenvalue weighted by Crippen LogP contribution is 2.35. The summed E-state index contributed by atoms with van der Waals surface area (Å²) in [7, 11) is 3.69. The Balaban J connectivity index is 2.31. The van der Waals surface area contributed by atoms with Gasteiger partial charge in [-0.2, -0.15) is 0 Å². The smallest absolute Gasteiger partial charge is 0.137 e. The Labute approximate surface area is 104 Å². The summed E-state index contributed by atoms with van der Waals surface area (Å²) in [4.78, 5) is 0. The summed E-state index contributed by atoms with van der Waals surface area (Å²) >= 11 is 0. The number of furan rings is 1. The maximum atomic E-state index is 5.78. The maximum absolute atomic E-state index is 5.78. The molecule has 0 aliphatic rings. The van der Waals surface area contributed by atoms with Crippen LogP contribution in [0.15, 0.2) is 57.2 Å². The maximum Gasteiger partial charge on any atom is 0.137 e. The lowest BCUT2D eigenvalue weighted by Crippen LogP contribution is -1.98. The highest BCUT2D eigenvalue weighted by atomic mass is 16.3. The van der Waals surface area contributed by atoms with E-state index in [2.05, 4.69) is 10.3 Å². The van der Waals surface area contributed by atoms with Crippen molar-refractivity contribution in [3.05, 3.63) is 42.5 Å². The Kier molecular flexibility index (Phi) is 2.48. The lowest BCUT2D eigenvalue weighted by molar-refractivity contribution is 0.408. The van der Waals surface area contributed by atoms with Crippen LogP contribution in [0.5, 0.6) is 0 Å². The van der Waals surface area contributed by atoms with Crippen molar-refractivity contribution in [3.63, 3.8) is 0 Å². The number of hydrogen-bond donors (Lipinski definition) is 0. The van der Waals surface area contributed by atoms with Gasteiger partial charge in [0.05, 0.1) is 11.1 Å². The summed E-state index contributed by atoms with van der Waals surface area (Å²) in [6, 6.07) is 13.8. The largest absolute Gasteiger partial charge is 0.456 e. The first kappa shape index (κ1) is 10.8. The minimum Gasteiger partial charge on any atom is -0.456 e. The van der Waals surface area contributed by atoms with Gasteiger partial charge < -0.3 is 4.42 Å². The van der Waals surface area contributed by atoms with Gasteiger partial charge in [-0.1, -0.05) is 29.5 Å². The SMILES string of the molecule is CN(C)N=Nc1cccc2oc3ccccc3c12. The molecule has 0 bridgehead atoms. The molecule has 0 spiro atoms. The van der Waals surface area contributed by atoms with Crippen molar-refractivity contribution >= 4 is 27.6 Å².